The predicted octanol–water partition coefficient (Wildman–Crippen LogP) is -0.0934. The van der Waals surface area contributed by atoms with Crippen LogP contribution >= 0.6 is 0 Å². The second-order valence-electron chi connectivity index (χ2n) is 2.26. The number of carbonyl (C=O) groups is 2. The molecule has 6 N–H and O–H groups in total. The van der Waals surface area contributed by atoms with Gasteiger partial charge in [0.1, 0.15) is 0 Å². The molecule has 0 aromatic heterocycles. The Morgan fingerprint density at radius 2 is 1.36 bits per heavy atom. The largest absolute Gasteiger partial charge is 0.351 e. The fourth-order valence-electron chi connectivity index (χ4n) is 0.517. The van der Waals surface area contributed by atoms with E-state index in [-0.39, 0.29) is 0 Å². The van der Waals surface area contributed by atoms with E-state index in [2.05, 4.69) is 17.2 Å². The van der Waals surface area contributed by atoms with Crippen molar-refractivity contribution < 1.29 is 9.59 Å². The van der Waals surface area contributed by atoms with Gasteiger partial charge in [-0.15, -0.1) is 0 Å². The summed E-state index contributed by atoms with van der Waals surface area (Å²) in [5.74, 6) is 0. The zero-order valence-electron chi connectivity index (χ0n) is 7.49. The highest BCUT2D eigenvalue weighted by Gasteiger charge is 1.85. The van der Waals surface area contributed by atoms with E-state index >= 15 is 0 Å². The van der Waals surface area contributed by atoms with Gasteiger partial charge < -0.3 is 22.1 Å². The van der Waals surface area contributed by atoms with Gasteiger partial charge in [-0.2, -0.15) is 0 Å². The van der Waals surface area contributed by atoms with E-state index in [9.17, 15) is 9.59 Å². The average molecular weight is 196 g/mol. The first-order valence-electron chi connectivity index (χ1n) is 3.66. The van der Waals surface area contributed by atoms with Crippen molar-refractivity contribution in [3.05, 3.63) is 36.7 Å². The van der Waals surface area contributed by atoms with Crippen LogP contribution < -0.4 is 22.1 Å². The van der Waals surface area contributed by atoms with Gasteiger partial charge in [0.05, 0.1) is 0 Å². The highest BCUT2D eigenvalue weighted by molar-refractivity contribution is 5.73. The highest BCUT2D eigenvalue weighted by atomic mass is 16.2. The Labute approximate surface area is 81.3 Å². The molecule has 0 radical (unpaired) electrons. The minimum absolute atomic E-state index is 0.563. The van der Waals surface area contributed by atoms with Crippen molar-refractivity contribution in [2.24, 2.45) is 11.5 Å². The van der Waals surface area contributed by atoms with E-state index in [1.807, 2.05) is 0 Å². The molecule has 0 aliphatic heterocycles. The maximum Gasteiger partial charge on any atom is 0.316 e. The number of allylic oxidation sites excluding steroid dienone is 3. The van der Waals surface area contributed by atoms with Crippen LogP contribution in [0.5, 0.6) is 0 Å². The fraction of sp³-hybridized carbons (Fsp3) is 0. The summed E-state index contributed by atoms with van der Waals surface area (Å²) in [6, 6.07) is -1.32. The third-order valence-electron chi connectivity index (χ3n) is 1.05. The molecule has 0 spiro atoms. The Hall–Kier alpha value is -2.24. The molecule has 0 heterocycles. The molecule has 14 heavy (non-hydrogen) atoms. The van der Waals surface area contributed by atoms with Crippen LogP contribution in [0.3, 0.4) is 0 Å². The Morgan fingerprint density at radius 3 is 1.64 bits per heavy atom. The van der Waals surface area contributed by atoms with Crippen molar-refractivity contribution in [2.75, 3.05) is 0 Å². The lowest BCUT2D eigenvalue weighted by atomic mass is 10.3. The van der Waals surface area contributed by atoms with Crippen molar-refractivity contribution >= 4 is 12.1 Å². The lowest BCUT2D eigenvalue weighted by Gasteiger charge is -1.93. The van der Waals surface area contributed by atoms with Crippen LogP contribution in [-0.4, -0.2) is 12.1 Å². The molecule has 76 valence electrons. The van der Waals surface area contributed by atoms with Gasteiger partial charge in [-0.3, -0.25) is 0 Å². The van der Waals surface area contributed by atoms with Crippen LogP contribution in [0.4, 0.5) is 9.59 Å². The smallest absolute Gasteiger partial charge is 0.316 e. The van der Waals surface area contributed by atoms with Crippen LogP contribution in [0.2, 0.25) is 0 Å². The van der Waals surface area contributed by atoms with Crippen molar-refractivity contribution in [3.63, 3.8) is 0 Å². The van der Waals surface area contributed by atoms with Gasteiger partial charge in [-0.1, -0.05) is 6.58 Å². The third kappa shape index (κ3) is 7.86. The second kappa shape index (κ2) is 6.30. The third-order valence-corrected chi connectivity index (χ3v) is 1.05. The molecule has 6 heteroatoms. The topological polar surface area (TPSA) is 110 Å². The summed E-state index contributed by atoms with van der Waals surface area (Å²) in [5, 5.41) is 4.45. The lowest BCUT2D eigenvalue weighted by Crippen LogP contribution is -2.24. The van der Waals surface area contributed by atoms with Crippen LogP contribution in [0.1, 0.15) is 0 Å². The summed E-state index contributed by atoms with van der Waals surface area (Å²) in [7, 11) is 0. The van der Waals surface area contributed by atoms with E-state index < -0.39 is 12.1 Å². The second-order valence-corrected chi connectivity index (χ2v) is 2.26. The number of hydrogen-bond acceptors (Lipinski definition) is 2. The number of urea groups is 2. The predicted molar refractivity (Wildman–Crippen MR) is 52.9 cm³/mol. The molecule has 4 amide bonds. The molecule has 0 aliphatic rings. The highest BCUT2D eigenvalue weighted by Crippen LogP contribution is 1.92. The normalized spacial score (nSPS) is 10.3. The summed E-state index contributed by atoms with van der Waals surface area (Å²) < 4.78 is 0. The molecule has 0 aromatic rings. The minimum Gasteiger partial charge on any atom is -0.351 e. The molecule has 0 saturated heterocycles. The molecule has 0 saturated carbocycles. The van der Waals surface area contributed by atoms with Gasteiger partial charge in [-0.05, 0) is 17.7 Å². The molecule has 0 aromatic carbocycles. The standard InChI is InChI=1S/C8H12N4O2/c1-6(2-4-11-7(9)13)3-5-12-8(10)14/h2-5H,1H2,(H3,9,11,13)(H3,10,12,14). The van der Waals surface area contributed by atoms with Crippen molar-refractivity contribution in [1.29, 1.82) is 0 Å². The number of amides is 4. The van der Waals surface area contributed by atoms with Crippen LogP contribution in [0, 0.1) is 0 Å². The molecule has 0 bridgehead atoms. The van der Waals surface area contributed by atoms with Gasteiger partial charge in [0.2, 0.25) is 0 Å². The molecule has 0 unspecified atom stereocenters. The number of carbonyl (C=O) groups excluding carboxylic acids is 2. The lowest BCUT2D eigenvalue weighted by molar-refractivity contribution is 0.251. The number of hydrogen-bond donors (Lipinski definition) is 4. The monoisotopic (exact) mass is 196 g/mol. The number of nitrogens with one attached hydrogen (secondary N) is 2. The molecular formula is C8H12N4O2. The molecule has 0 atom stereocenters. The van der Waals surface area contributed by atoms with Gasteiger partial charge in [-0.25, -0.2) is 9.59 Å². The van der Waals surface area contributed by atoms with Gasteiger partial charge >= 0.3 is 12.1 Å². The van der Waals surface area contributed by atoms with Gasteiger partial charge in [0, 0.05) is 12.4 Å². The van der Waals surface area contributed by atoms with E-state index in [1.165, 1.54) is 24.6 Å². The van der Waals surface area contributed by atoms with E-state index in [4.69, 9.17) is 11.5 Å². The van der Waals surface area contributed by atoms with Crippen molar-refractivity contribution in [2.45, 2.75) is 0 Å². The number of nitrogens with two attached hydrogens (primary N) is 2. The minimum atomic E-state index is -0.659. The number of primary amides is 2. The molecule has 0 rings (SSSR count). The molecule has 6 nitrogen and oxygen atoms in total. The summed E-state index contributed by atoms with van der Waals surface area (Å²) in [6.07, 6.45) is 5.67. The fourth-order valence-corrected chi connectivity index (χ4v) is 0.517. The van der Waals surface area contributed by atoms with Crippen LogP contribution in [0.15, 0.2) is 36.7 Å². The SMILES string of the molecule is C=C(C=CNC(N)=O)C=CNC(N)=O. The van der Waals surface area contributed by atoms with E-state index in [0.29, 0.717) is 5.57 Å². The maximum absolute atomic E-state index is 10.2. The van der Waals surface area contributed by atoms with Crippen molar-refractivity contribution in [1.82, 2.24) is 10.6 Å². The zero-order chi connectivity index (χ0) is 11.0. The zero-order valence-corrected chi connectivity index (χ0v) is 7.49. The van der Waals surface area contributed by atoms with Crippen LogP contribution in [0.25, 0.3) is 0 Å². The molecular weight excluding hydrogens is 184 g/mol. The summed E-state index contributed by atoms with van der Waals surface area (Å²) in [6.45, 7) is 3.59. The first-order chi connectivity index (χ1) is 6.52. The Balaban J connectivity index is 3.86. The average Bonchev–Trinajstić information content (AvgIpc) is 2.02. The van der Waals surface area contributed by atoms with Crippen molar-refractivity contribution in [3.8, 4) is 0 Å². The quantitative estimate of drug-likeness (QED) is 0.471. The Bertz CT molecular complexity index is 266. The maximum atomic E-state index is 10.2. The van der Waals surface area contributed by atoms with Crippen LogP contribution in [-0.2, 0) is 0 Å². The number of rotatable bonds is 4. The molecule has 0 aliphatic carbocycles. The summed E-state index contributed by atoms with van der Waals surface area (Å²) >= 11 is 0. The van der Waals surface area contributed by atoms with E-state index in [1.54, 1.807) is 0 Å². The summed E-state index contributed by atoms with van der Waals surface area (Å²) in [5.41, 5.74) is 10.2. The van der Waals surface area contributed by atoms with Gasteiger partial charge in [0.25, 0.3) is 0 Å². The first-order valence-corrected chi connectivity index (χ1v) is 3.66. The Kier molecular flexibility index (Phi) is 5.29. The molecule has 0 fully saturated rings. The Morgan fingerprint density at radius 1 is 1.00 bits per heavy atom. The van der Waals surface area contributed by atoms with E-state index in [0.717, 1.165) is 0 Å². The van der Waals surface area contributed by atoms with Gasteiger partial charge in [0.15, 0.2) is 0 Å². The first kappa shape index (κ1) is 11.8. The summed E-state index contributed by atoms with van der Waals surface area (Å²) in [4.78, 5) is 20.4.